The SMILES string of the molecule is NC1CCCCC1Nc1nc(NCc2ccc(-c3ccc(C(=O)O)cc3)nc2)c2ncn(C3CCCC3)c2n1. The second kappa shape index (κ2) is 11.0. The molecule has 202 valence electrons. The number of anilines is 2. The maximum absolute atomic E-state index is 11.1. The highest BCUT2D eigenvalue weighted by Crippen LogP contribution is 2.33. The van der Waals surface area contributed by atoms with Crippen LogP contribution in [0.1, 0.15) is 73.3 Å². The predicted octanol–water partition coefficient (Wildman–Crippen LogP) is 5.00. The fraction of sp³-hybridized carbons (Fsp3) is 0.414. The van der Waals surface area contributed by atoms with Crippen LogP contribution in [-0.2, 0) is 6.54 Å². The number of carboxylic acid groups (broad SMARTS) is 1. The number of carbonyl (C=O) groups is 1. The van der Waals surface area contributed by atoms with E-state index in [-0.39, 0.29) is 17.6 Å². The van der Waals surface area contributed by atoms with Gasteiger partial charge in [0.15, 0.2) is 17.0 Å². The number of fused-ring (bicyclic) bond motifs is 1. The van der Waals surface area contributed by atoms with E-state index in [0.29, 0.717) is 24.4 Å². The smallest absolute Gasteiger partial charge is 0.335 e. The summed E-state index contributed by atoms with van der Waals surface area (Å²) < 4.78 is 2.22. The van der Waals surface area contributed by atoms with Crippen molar-refractivity contribution in [2.75, 3.05) is 10.6 Å². The van der Waals surface area contributed by atoms with Gasteiger partial charge in [-0.3, -0.25) is 4.98 Å². The molecule has 3 aromatic heterocycles. The number of nitrogens with two attached hydrogens (primary N) is 1. The van der Waals surface area contributed by atoms with Crippen LogP contribution in [0.2, 0.25) is 0 Å². The molecule has 0 aliphatic heterocycles. The summed E-state index contributed by atoms with van der Waals surface area (Å²) in [6.45, 7) is 0.524. The highest BCUT2D eigenvalue weighted by molar-refractivity contribution is 5.88. The molecule has 2 saturated carbocycles. The Hall–Kier alpha value is -4.05. The summed E-state index contributed by atoms with van der Waals surface area (Å²) in [7, 11) is 0. The number of hydrogen-bond donors (Lipinski definition) is 4. The van der Waals surface area contributed by atoms with Gasteiger partial charge in [0.2, 0.25) is 5.95 Å². The Balaban J connectivity index is 1.23. The Kier molecular flexibility index (Phi) is 7.10. The maximum Gasteiger partial charge on any atom is 0.335 e. The first kappa shape index (κ1) is 25.2. The van der Waals surface area contributed by atoms with Gasteiger partial charge in [-0.2, -0.15) is 9.97 Å². The first-order chi connectivity index (χ1) is 19.0. The Bertz CT molecular complexity index is 1440. The number of carboxylic acids is 1. The lowest BCUT2D eigenvalue weighted by molar-refractivity contribution is 0.0697. The van der Waals surface area contributed by atoms with Crippen molar-refractivity contribution in [2.45, 2.75) is 76.0 Å². The lowest BCUT2D eigenvalue weighted by atomic mass is 9.91. The molecule has 4 aromatic rings. The Morgan fingerprint density at radius 1 is 0.974 bits per heavy atom. The third-order valence-corrected chi connectivity index (χ3v) is 7.99. The zero-order valence-corrected chi connectivity index (χ0v) is 21.9. The van der Waals surface area contributed by atoms with Gasteiger partial charge in [0.25, 0.3) is 0 Å². The van der Waals surface area contributed by atoms with Crippen LogP contribution in [0.4, 0.5) is 11.8 Å². The molecule has 2 atom stereocenters. The molecule has 3 heterocycles. The van der Waals surface area contributed by atoms with Gasteiger partial charge in [-0.1, -0.05) is 43.9 Å². The highest BCUT2D eigenvalue weighted by atomic mass is 16.4. The van der Waals surface area contributed by atoms with Crippen LogP contribution in [0, 0.1) is 0 Å². The quantitative estimate of drug-likeness (QED) is 0.249. The van der Waals surface area contributed by atoms with Crippen molar-refractivity contribution in [3.8, 4) is 11.3 Å². The molecule has 0 amide bonds. The molecule has 5 N–H and O–H groups in total. The van der Waals surface area contributed by atoms with E-state index in [1.54, 1.807) is 24.3 Å². The Morgan fingerprint density at radius 3 is 2.46 bits per heavy atom. The number of nitrogens with zero attached hydrogens (tertiary/aromatic N) is 5. The van der Waals surface area contributed by atoms with E-state index < -0.39 is 5.97 Å². The van der Waals surface area contributed by atoms with Crippen molar-refractivity contribution in [3.05, 3.63) is 60.0 Å². The van der Waals surface area contributed by atoms with Crippen LogP contribution in [0.5, 0.6) is 0 Å². The average Bonchev–Trinajstić information content (AvgIpc) is 3.64. The van der Waals surface area contributed by atoms with Gasteiger partial charge in [-0.05, 0) is 49.4 Å². The molecule has 2 aliphatic carbocycles. The lowest BCUT2D eigenvalue weighted by Crippen LogP contribution is -2.43. The summed E-state index contributed by atoms with van der Waals surface area (Å²) in [5.41, 5.74) is 10.9. The van der Waals surface area contributed by atoms with Crippen molar-refractivity contribution >= 4 is 28.9 Å². The van der Waals surface area contributed by atoms with Crippen molar-refractivity contribution < 1.29 is 9.90 Å². The van der Waals surface area contributed by atoms with E-state index in [1.807, 2.05) is 24.7 Å². The fourth-order valence-corrected chi connectivity index (χ4v) is 5.73. The third-order valence-electron chi connectivity index (χ3n) is 7.99. The predicted molar refractivity (Wildman–Crippen MR) is 151 cm³/mol. The van der Waals surface area contributed by atoms with E-state index in [0.717, 1.165) is 60.1 Å². The summed E-state index contributed by atoms with van der Waals surface area (Å²) in [4.78, 5) is 30.2. The molecule has 6 rings (SSSR count). The van der Waals surface area contributed by atoms with Crippen LogP contribution < -0.4 is 16.4 Å². The molecule has 0 radical (unpaired) electrons. The molecule has 10 heteroatoms. The van der Waals surface area contributed by atoms with Gasteiger partial charge in [0.05, 0.1) is 17.6 Å². The number of rotatable bonds is 8. The molecule has 0 spiro atoms. The third kappa shape index (κ3) is 5.42. The molecule has 2 aliphatic rings. The summed E-state index contributed by atoms with van der Waals surface area (Å²) in [5, 5.41) is 16.1. The molecular formula is C29H34N8O2. The Morgan fingerprint density at radius 2 is 1.74 bits per heavy atom. The number of nitrogens with one attached hydrogen (secondary N) is 2. The normalized spacial score (nSPS) is 19.8. The summed E-state index contributed by atoms with van der Waals surface area (Å²) in [6.07, 6.45) is 12.8. The van der Waals surface area contributed by atoms with E-state index in [1.165, 1.54) is 19.3 Å². The van der Waals surface area contributed by atoms with Gasteiger partial charge >= 0.3 is 5.97 Å². The zero-order valence-electron chi connectivity index (χ0n) is 21.9. The highest BCUT2D eigenvalue weighted by Gasteiger charge is 2.25. The molecule has 2 unspecified atom stereocenters. The van der Waals surface area contributed by atoms with Crippen molar-refractivity contribution in [3.63, 3.8) is 0 Å². The first-order valence-corrected chi connectivity index (χ1v) is 13.8. The van der Waals surface area contributed by atoms with E-state index in [2.05, 4.69) is 20.2 Å². The standard InChI is InChI=1S/C29H34N8O2/c30-22-7-3-4-8-24(22)34-29-35-26(25-27(36-29)37(17-33-25)21-5-1-2-6-21)32-16-18-9-14-23(31-15-18)19-10-12-20(13-11-19)28(38)39/h9-15,17,21-22,24H,1-8,16,30H2,(H,38,39)(H2,32,34,35,36). The lowest BCUT2D eigenvalue weighted by Gasteiger charge is -2.29. The van der Waals surface area contributed by atoms with E-state index in [4.69, 9.17) is 25.8 Å². The summed E-state index contributed by atoms with van der Waals surface area (Å²) in [6, 6.07) is 11.3. The van der Waals surface area contributed by atoms with Gasteiger partial charge in [-0.25, -0.2) is 9.78 Å². The summed E-state index contributed by atoms with van der Waals surface area (Å²) >= 11 is 0. The minimum Gasteiger partial charge on any atom is -0.478 e. The van der Waals surface area contributed by atoms with Crippen molar-refractivity contribution in [1.29, 1.82) is 0 Å². The zero-order chi connectivity index (χ0) is 26.8. The van der Waals surface area contributed by atoms with Crippen LogP contribution in [0.3, 0.4) is 0 Å². The Labute approximate surface area is 227 Å². The molecule has 0 bridgehead atoms. The van der Waals surface area contributed by atoms with Gasteiger partial charge in [-0.15, -0.1) is 0 Å². The molecule has 2 fully saturated rings. The number of aromatic carboxylic acids is 1. The van der Waals surface area contributed by atoms with Gasteiger partial charge in [0, 0.05) is 36.4 Å². The van der Waals surface area contributed by atoms with Gasteiger partial charge in [0.1, 0.15) is 0 Å². The van der Waals surface area contributed by atoms with Gasteiger partial charge < -0.3 is 26.0 Å². The van der Waals surface area contributed by atoms with Crippen LogP contribution in [-0.4, -0.2) is 47.7 Å². The topological polar surface area (TPSA) is 144 Å². The fourth-order valence-electron chi connectivity index (χ4n) is 5.73. The molecular weight excluding hydrogens is 492 g/mol. The molecule has 1 aromatic carbocycles. The van der Waals surface area contributed by atoms with E-state index >= 15 is 0 Å². The molecule has 0 saturated heterocycles. The van der Waals surface area contributed by atoms with E-state index in [9.17, 15) is 4.79 Å². The minimum atomic E-state index is -0.942. The minimum absolute atomic E-state index is 0.0964. The number of hydrogen-bond acceptors (Lipinski definition) is 8. The summed E-state index contributed by atoms with van der Waals surface area (Å²) in [5.74, 6) is 0.338. The second-order valence-electron chi connectivity index (χ2n) is 10.6. The van der Waals surface area contributed by atoms with Crippen LogP contribution in [0.15, 0.2) is 48.9 Å². The molecule has 10 nitrogen and oxygen atoms in total. The molecule has 39 heavy (non-hydrogen) atoms. The van der Waals surface area contributed by atoms with Crippen LogP contribution >= 0.6 is 0 Å². The van der Waals surface area contributed by atoms with Crippen molar-refractivity contribution in [1.82, 2.24) is 24.5 Å². The second-order valence-corrected chi connectivity index (χ2v) is 10.6. The number of aromatic nitrogens is 5. The number of pyridine rings is 1. The first-order valence-electron chi connectivity index (χ1n) is 13.8. The maximum atomic E-state index is 11.1. The number of imidazole rings is 1. The van der Waals surface area contributed by atoms with Crippen LogP contribution in [0.25, 0.3) is 22.4 Å². The number of benzene rings is 1. The monoisotopic (exact) mass is 526 g/mol. The largest absolute Gasteiger partial charge is 0.478 e. The average molecular weight is 527 g/mol. The van der Waals surface area contributed by atoms with Crippen molar-refractivity contribution in [2.24, 2.45) is 5.73 Å².